The fourth-order valence-electron chi connectivity index (χ4n) is 5.11. The van der Waals surface area contributed by atoms with Gasteiger partial charge in [0.2, 0.25) is 0 Å². The highest BCUT2D eigenvalue weighted by atomic mass is 32.2. The van der Waals surface area contributed by atoms with Gasteiger partial charge in [0.1, 0.15) is 18.5 Å². The average Bonchev–Trinajstić information content (AvgIpc) is 3.63. The third-order valence-corrected chi connectivity index (χ3v) is 8.08. The summed E-state index contributed by atoms with van der Waals surface area (Å²) in [6.07, 6.45) is 7.81. The molecule has 0 spiro atoms. The van der Waals surface area contributed by atoms with Crippen LogP contribution in [0.3, 0.4) is 0 Å². The van der Waals surface area contributed by atoms with Crippen LogP contribution in [0.4, 0.5) is 0 Å². The lowest BCUT2D eigenvalue weighted by molar-refractivity contribution is 0.0295. The summed E-state index contributed by atoms with van der Waals surface area (Å²) in [4.78, 5) is 6.49. The number of benzene rings is 1. The van der Waals surface area contributed by atoms with Crippen LogP contribution in [0, 0.1) is 11.8 Å². The Labute approximate surface area is 173 Å². The molecule has 4 aliphatic rings. The average molecular weight is 403 g/mol. The van der Waals surface area contributed by atoms with Crippen LogP contribution in [0.25, 0.3) is 0 Å². The van der Waals surface area contributed by atoms with Crippen molar-refractivity contribution in [1.82, 2.24) is 9.80 Å². The Kier molecular flexibility index (Phi) is 5.87. The summed E-state index contributed by atoms with van der Waals surface area (Å²) in [5, 5.41) is 10.6. The number of hydrogen-bond donors (Lipinski definition) is 1. The van der Waals surface area contributed by atoms with Crippen LogP contribution >= 0.6 is 11.8 Å². The zero-order valence-corrected chi connectivity index (χ0v) is 17.7. The van der Waals surface area contributed by atoms with E-state index in [1.54, 1.807) is 0 Å². The lowest BCUT2D eigenvalue weighted by Crippen LogP contribution is -2.53. The van der Waals surface area contributed by atoms with Crippen LogP contribution in [-0.2, 0) is 6.42 Å². The molecule has 154 valence electrons. The molecule has 0 radical (unpaired) electrons. The van der Waals surface area contributed by atoms with E-state index in [1.807, 2.05) is 11.8 Å². The second kappa shape index (κ2) is 8.55. The van der Waals surface area contributed by atoms with Crippen molar-refractivity contribution in [3.63, 3.8) is 0 Å². The fourth-order valence-corrected chi connectivity index (χ4v) is 6.23. The van der Waals surface area contributed by atoms with Gasteiger partial charge < -0.3 is 9.84 Å². The van der Waals surface area contributed by atoms with Gasteiger partial charge in [-0.05, 0) is 67.7 Å². The molecule has 2 saturated carbocycles. The molecule has 1 aromatic rings. The highest BCUT2D eigenvalue weighted by Gasteiger charge is 2.45. The summed E-state index contributed by atoms with van der Waals surface area (Å²) in [6, 6.07) is 7.22. The van der Waals surface area contributed by atoms with Gasteiger partial charge in [-0.25, -0.2) is 0 Å². The standard InChI is InChI=1S/C23H34N2O2S/c26-20(16-27-21-5-1-3-19-4-2-14-28-23(19)21)15-24-10-12-25(13-11-24)22(17-6-7-17)18-8-9-18/h1,3,5,17-18,20,22,26H,2,4,6-16H2. The van der Waals surface area contributed by atoms with E-state index in [0.29, 0.717) is 6.61 Å². The first-order chi connectivity index (χ1) is 13.8. The molecule has 0 amide bonds. The maximum atomic E-state index is 10.6. The molecule has 1 saturated heterocycles. The van der Waals surface area contributed by atoms with Crippen molar-refractivity contribution in [2.75, 3.05) is 45.1 Å². The number of aliphatic hydroxyl groups is 1. The molecule has 1 N–H and O–H groups in total. The minimum absolute atomic E-state index is 0.393. The summed E-state index contributed by atoms with van der Waals surface area (Å²) >= 11 is 1.90. The number of ether oxygens (including phenoxy) is 1. The normalized spacial score (nSPS) is 24.9. The van der Waals surface area contributed by atoms with Gasteiger partial charge >= 0.3 is 0 Å². The van der Waals surface area contributed by atoms with Gasteiger partial charge in [-0.2, -0.15) is 0 Å². The Bertz CT molecular complexity index is 657. The van der Waals surface area contributed by atoms with E-state index in [1.165, 1.54) is 61.4 Å². The van der Waals surface area contributed by atoms with Crippen molar-refractivity contribution < 1.29 is 9.84 Å². The van der Waals surface area contributed by atoms with E-state index in [2.05, 4.69) is 28.0 Å². The summed E-state index contributed by atoms with van der Waals surface area (Å²) in [5.41, 5.74) is 1.40. The number of hydrogen-bond acceptors (Lipinski definition) is 5. The van der Waals surface area contributed by atoms with Gasteiger partial charge in [-0.3, -0.25) is 9.80 Å². The number of rotatable bonds is 8. The molecule has 2 aliphatic heterocycles. The third-order valence-electron chi connectivity index (χ3n) is 6.84. The van der Waals surface area contributed by atoms with Crippen molar-refractivity contribution in [2.24, 2.45) is 11.8 Å². The molecule has 28 heavy (non-hydrogen) atoms. The number of piperazine rings is 1. The summed E-state index contributed by atoms with van der Waals surface area (Å²) < 4.78 is 6.04. The Balaban J connectivity index is 1.08. The summed E-state index contributed by atoms with van der Waals surface area (Å²) in [6.45, 7) is 5.65. The smallest absolute Gasteiger partial charge is 0.133 e. The summed E-state index contributed by atoms with van der Waals surface area (Å²) in [5.74, 6) is 4.12. The second-order valence-electron chi connectivity index (χ2n) is 9.16. The molecular weight excluding hydrogens is 368 g/mol. The minimum Gasteiger partial charge on any atom is -0.490 e. The van der Waals surface area contributed by atoms with E-state index < -0.39 is 6.10 Å². The minimum atomic E-state index is -0.418. The van der Waals surface area contributed by atoms with Crippen LogP contribution in [0.15, 0.2) is 23.1 Å². The van der Waals surface area contributed by atoms with Gasteiger partial charge in [0, 0.05) is 38.8 Å². The lowest BCUT2D eigenvalue weighted by atomic mass is 10.0. The maximum absolute atomic E-state index is 10.6. The van der Waals surface area contributed by atoms with Crippen molar-refractivity contribution in [1.29, 1.82) is 0 Å². The number of aliphatic hydroxyl groups excluding tert-OH is 1. The number of thioether (sulfide) groups is 1. The predicted molar refractivity (Wildman–Crippen MR) is 114 cm³/mol. The number of nitrogens with zero attached hydrogens (tertiary/aromatic N) is 2. The van der Waals surface area contributed by atoms with Crippen LogP contribution in [0.2, 0.25) is 0 Å². The van der Waals surface area contributed by atoms with E-state index in [9.17, 15) is 5.11 Å². The molecule has 5 heteroatoms. The van der Waals surface area contributed by atoms with Gasteiger partial charge in [0.25, 0.3) is 0 Å². The van der Waals surface area contributed by atoms with Crippen LogP contribution < -0.4 is 4.74 Å². The van der Waals surface area contributed by atoms with E-state index >= 15 is 0 Å². The number of β-amino-alcohol motifs (C(OH)–C–C–N with tert-alkyl or cyclic N) is 1. The molecule has 0 aromatic heterocycles. The van der Waals surface area contributed by atoms with E-state index in [0.717, 1.165) is 49.7 Å². The molecule has 3 fully saturated rings. The maximum Gasteiger partial charge on any atom is 0.133 e. The zero-order valence-electron chi connectivity index (χ0n) is 16.9. The Morgan fingerprint density at radius 3 is 2.54 bits per heavy atom. The summed E-state index contributed by atoms with van der Waals surface area (Å²) in [7, 11) is 0. The van der Waals surface area contributed by atoms with Crippen LogP contribution in [0.1, 0.15) is 37.7 Å². The third kappa shape index (κ3) is 4.53. The van der Waals surface area contributed by atoms with Crippen molar-refractivity contribution in [2.45, 2.75) is 55.6 Å². The molecule has 4 nitrogen and oxygen atoms in total. The van der Waals surface area contributed by atoms with Gasteiger partial charge in [-0.1, -0.05) is 12.1 Å². The van der Waals surface area contributed by atoms with Gasteiger partial charge in [0.15, 0.2) is 0 Å². The predicted octanol–water partition coefficient (Wildman–Crippen LogP) is 3.27. The molecule has 2 aliphatic carbocycles. The first-order valence-corrected chi connectivity index (χ1v) is 12.3. The molecule has 1 atom stereocenters. The van der Waals surface area contributed by atoms with Gasteiger partial charge in [-0.15, -0.1) is 11.8 Å². The number of fused-ring (bicyclic) bond motifs is 1. The molecule has 1 aromatic carbocycles. The van der Waals surface area contributed by atoms with Crippen molar-refractivity contribution >= 4 is 11.8 Å². The topological polar surface area (TPSA) is 35.9 Å². The Morgan fingerprint density at radius 1 is 1.07 bits per heavy atom. The Morgan fingerprint density at radius 2 is 1.82 bits per heavy atom. The van der Waals surface area contributed by atoms with Crippen LogP contribution in [0.5, 0.6) is 5.75 Å². The van der Waals surface area contributed by atoms with Crippen LogP contribution in [-0.4, -0.2) is 72.1 Å². The first kappa shape index (κ1) is 19.2. The monoisotopic (exact) mass is 402 g/mol. The zero-order chi connectivity index (χ0) is 18.9. The molecule has 0 bridgehead atoms. The van der Waals surface area contributed by atoms with Gasteiger partial charge in [0.05, 0.1) is 4.90 Å². The van der Waals surface area contributed by atoms with Crippen molar-refractivity contribution in [3.05, 3.63) is 23.8 Å². The number of aryl methyl sites for hydroxylation is 1. The van der Waals surface area contributed by atoms with E-state index in [-0.39, 0.29) is 0 Å². The second-order valence-corrected chi connectivity index (χ2v) is 10.3. The quantitative estimate of drug-likeness (QED) is 0.722. The largest absolute Gasteiger partial charge is 0.490 e. The molecule has 1 unspecified atom stereocenters. The SMILES string of the molecule is OC(COc1cccc2c1SCCC2)CN1CCN(C(C2CC2)C2CC2)CC1. The Hall–Kier alpha value is -0.750. The van der Waals surface area contributed by atoms with E-state index in [4.69, 9.17) is 4.74 Å². The highest BCUT2D eigenvalue weighted by molar-refractivity contribution is 7.99. The molecular formula is C23H34N2O2S. The van der Waals surface area contributed by atoms with Crippen molar-refractivity contribution in [3.8, 4) is 5.75 Å². The highest BCUT2D eigenvalue weighted by Crippen LogP contribution is 2.47. The molecule has 2 heterocycles. The molecule has 5 rings (SSSR count). The fraction of sp³-hybridized carbons (Fsp3) is 0.739. The first-order valence-electron chi connectivity index (χ1n) is 11.3. The lowest BCUT2D eigenvalue weighted by Gasteiger charge is -2.40.